The molecule has 0 aliphatic heterocycles. The summed E-state index contributed by atoms with van der Waals surface area (Å²) in [6, 6.07) is 0. The summed E-state index contributed by atoms with van der Waals surface area (Å²) in [6.07, 6.45) is 92.0. The molecule has 1 atom stereocenters. The summed E-state index contributed by atoms with van der Waals surface area (Å²) in [7, 11) is 0. The van der Waals surface area contributed by atoms with E-state index in [4.69, 9.17) is 14.2 Å². The Balaban J connectivity index is 4.10. The molecular weight excluding hydrogens is 1020 g/mol. The first-order valence-corrected chi connectivity index (χ1v) is 37.1. The van der Waals surface area contributed by atoms with Crippen LogP contribution in [0.2, 0.25) is 0 Å². The van der Waals surface area contributed by atoms with Crippen LogP contribution < -0.4 is 0 Å². The fourth-order valence-corrected chi connectivity index (χ4v) is 11.3. The van der Waals surface area contributed by atoms with E-state index in [1.54, 1.807) is 0 Å². The highest BCUT2D eigenvalue weighted by molar-refractivity contribution is 5.71. The molecule has 486 valence electrons. The monoisotopic (exact) mass is 1160 g/mol. The predicted octanol–water partition coefficient (Wildman–Crippen LogP) is 25.7. The van der Waals surface area contributed by atoms with Gasteiger partial charge < -0.3 is 14.2 Å². The molecule has 0 N–H and O–H groups in total. The molecule has 0 aliphatic carbocycles. The third kappa shape index (κ3) is 70.0. The molecule has 0 fully saturated rings. The Morgan fingerprint density at radius 1 is 0.253 bits per heavy atom. The van der Waals surface area contributed by atoms with Crippen LogP contribution in [0.3, 0.4) is 0 Å². The molecule has 0 radical (unpaired) electrons. The topological polar surface area (TPSA) is 78.9 Å². The fourth-order valence-electron chi connectivity index (χ4n) is 11.3. The normalized spacial score (nSPS) is 12.3. The van der Waals surface area contributed by atoms with Gasteiger partial charge in [0.25, 0.3) is 0 Å². The lowest BCUT2D eigenvalue weighted by atomic mass is 10.0. The Hall–Kier alpha value is -2.63. The van der Waals surface area contributed by atoms with Crippen molar-refractivity contribution in [2.45, 2.75) is 412 Å². The molecule has 0 amide bonds. The zero-order valence-electron chi connectivity index (χ0n) is 56.0. The number of hydrogen-bond acceptors (Lipinski definition) is 6. The van der Waals surface area contributed by atoms with Gasteiger partial charge in [0.15, 0.2) is 6.10 Å². The molecule has 1 unspecified atom stereocenters. The smallest absolute Gasteiger partial charge is 0.306 e. The van der Waals surface area contributed by atoms with Crippen molar-refractivity contribution in [3.63, 3.8) is 0 Å². The third-order valence-corrected chi connectivity index (χ3v) is 16.9. The van der Waals surface area contributed by atoms with Crippen LogP contribution in [-0.4, -0.2) is 37.2 Å². The quantitative estimate of drug-likeness (QED) is 0.0261. The highest BCUT2D eigenvalue weighted by atomic mass is 16.6. The van der Waals surface area contributed by atoms with E-state index in [9.17, 15) is 14.4 Å². The lowest BCUT2D eigenvalue weighted by molar-refractivity contribution is -0.166. The summed E-state index contributed by atoms with van der Waals surface area (Å²) < 4.78 is 16.9. The number of ether oxygens (including phenoxy) is 3. The summed E-state index contributed by atoms with van der Waals surface area (Å²) in [4.78, 5) is 38.3. The van der Waals surface area contributed by atoms with E-state index < -0.39 is 6.10 Å². The number of carbonyl (C=O) groups is 3. The van der Waals surface area contributed by atoms with E-state index in [0.29, 0.717) is 19.3 Å². The Kier molecular flexibility index (Phi) is 69.6. The van der Waals surface area contributed by atoms with Crippen molar-refractivity contribution >= 4 is 17.9 Å². The molecule has 0 aromatic heterocycles. The number of carbonyl (C=O) groups excluding carboxylic acids is 3. The van der Waals surface area contributed by atoms with Crippen molar-refractivity contribution in [1.29, 1.82) is 0 Å². The van der Waals surface area contributed by atoms with Crippen molar-refractivity contribution < 1.29 is 28.6 Å². The van der Waals surface area contributed by atoms with Crippen LogP contribution in [0.25, 0.3) is 0 Å². The fraction of sp³-hybridized carbons (Fsp3) is 0.857. The molecule has 0 saturated heterocycles. The molecule has 0 rings (SSSR count). The first-order valence-electron chi connectivity index (χ1n) is 37.1. The molecule has 0 saturated carbocycles. The van der Waals surface area contributed by atoms with Crippen LogP contribution in [0.15, 0.2) is 48.6 Å². The highest BCUT2D eigenvalue weighted by Gasteiger charge is 2.19. The summed E-state index contributed by atoms with van der Waals surface area (Å²) in [5, 5.41) is 0. The molecule has 6 heteroatoms. The maximum absolute atomic E-state index is 12.9. The van der Waals surface area contributed by atoms with Crippen LogP contribution in [0.4, 0.5) is 0 Å². The lowest BCUT2D eigenvalue weighted by Gasteiger charge is -2.18. The zero-order chi connectivity index (χ0) is 59.9. The van der Waals surface area contributed by atoms with Crippen molar-refractivity contribution in [1.82, 2.24) is 0 Å². The lowest BCUT2D eigenvalue weighted by Crippen LogP contribution is -2.30. The van der Waals surface area contributed by atoms with Gasteiger partial charge in [-0.15, -0.1) is 0 Å². The van der Waals surface area contributed by atoms with Gasteiger partial charge in [0, 0.05) is 19.3 Å². The maximum Gasteiger partial charge on any atom is 0.306 e. The average Bonchev–Trinajstić information content (AvgIpc) is 3.50. The number of rotatable bonds is 69. The molecule has 0 aromatic carbocycles. The molecule has 0 aromatic rings. The summed E-state index contributed by atoms with van der Waals surface area (Å²) in [5.74, 6) is -0.948. The van der Waals surface area contributed by atoms with E-state index in [1.807, 2.05) is 6.08 Å². The van der Waals surface area contributed by atoms with E-state index in [2.05, 4.69) is 63.3 Å². The average molecular weight is 1160 g/mol. The molecule has 0 bridgehead atoms. The molecule has 6 nitrogen and oxygen atoms in total. The van der Waals surface area contributed by atoms with Crippen LogP contribution >= 0.6 is 0 Å². The van der Waals surface area contributed by atoms with Crippen molar-refractivity contribution in [3.05, 3.63) is 48.6 Å². The van der Waals surface area contributed by atoms with Gasteiger partial charge in [-0.2, -0.15) is 0 Å². The van der Waals surface area contributed by atoms with Crippen LogP contribution in [-0.2, 0) is 28.6 Å². The van der Waals surface area contributed by atoms with E-state index in [-0.39, 0.29) is 37.5 Å². The van der Waals surface area contributed by atoms with Crippen LogP contribution in [0.1, 0.15) is 406 Å². The van der Waals surface area contributed by atoms with Gasteiger partial charge in [0.05, 0.1) is 0 Å². The highest BCUT2D eigenvalue weighted by Crippen LogP contribution is 2.19. The van der Waals surface area contributed by atoms with Gasteiger partial charge in [-0.1, -0.05) is 390 Å². The van der Waals surface area contributed by atoms with Gasteiger partial charge in [-0.25, -0.2) is 0 Å². The van der Waals surface area contributed by atoms with Gasteiger partial charge in [0.1, 0.15) is 13.2 Å². The van der Waals surface area contributed by atoms with Crippen molar-refractivity contribution in [2.24, 2.45) is 0 Å². The number of allylic oxidation sites excluding steroid dienone is 8. The molecular formula is C77H142O6. The first-order chi connectivity index (χ1) is 41.0. The van der Waals surface area contributed by atoms with Gasteiger partial charge in [-0.05, 0) is 44.9 Å². The maximum atomic E-state index is 12.9. The summed E-state index contributed by atoms with van der Waals surface area (Å²) >= 11 is 0. The van der Waals surface area contributed by atoms with E-state index >= 15 is 0 Å². The minimum absolute atomic E-state index is 0.0898. The first kappa shape index (κ1) is 80.4. The molecule has 0 heterocycles. The van der Waals surface area contributed by atoms with Crippen LogP contribution in [0.5, 0.6) is 0 Å². The van der Waals surface area contributed by atoms with E-state index in [1.165, 1.54) is 295 Å². The Morgan fingerprint density at radius 3 is 0.735 bits per heavy atom. The van der Waals surface area contributed by atoms with Crippen LogP contribution in [0, 0.1) is 0 Å². The van der Waals surface area contributed by atoms with Gasteiger partial charge in [0.2, 0.25) is 0 Å². The number of hydrogen-bond donors (Lipinski definition) is 0. The second-order valence-corrected chi connectivity index (χ2v) is 25.2. The number of esters is 3. The summed E-state index contributed by atoms with van der Waals surface area (Å²) in [5.41, 5.74) is 0. The SMILES string of the molecule is CC/C=C\C/C=C\C/C=C\C/C=C\CCC(=O)OCC(COC(=O)CCCCCCCCCCCCCCCCCCCCCCCCCCCCCCCCCCCC)OC(=O)CCCCCCCCCCCCCCCCCCCC. The minimum Gasteiger partial charge on any atom is -0.462 e. The second kappa shape index (κ2) is 71.8. The van der Waals surface area contributed by atoms with Crippen molar-refractivity contribution in [3.8, 4) is 0 Å². The zero-order valence-corrected chi connectivity index (χ0v) is 56.0. The summed E-state index contributed by atoms with van der Waals surface area (Å²) in [6.45, 7) is 6.54. The number of unbranched alkanes of at least 4 members (excludes halogenated alkanes) is 50. The van der Waals surface area contributed by atoms with Crippen molar-refractivity contribution in [2.75, 3.05) is 13.2 Å². The second-order valence-electron chi connectivity index (χ2n) is 25.2. The van der Waals surface area contributed by atoms with Gasteiger partial charge >= 0.3 is 17.9 Å². The Morgan fingerprint density at radius 2 is 0.470 bits per heavy atom. The Labute approximate surface area is 518 Å². The van der Waals surface area contributed by atoms with E-state index in [0.717, 1.165) is 64.2 Å². The molecule has 0 spiro atoms. The van der Waals surface area contributed by atoms with Gasteiger partial charge in [-0.3, -0.25) is 14.4 Å². The standard InChI is InChI=1S/C77H142O6/c1-4-7-10-13-16-19-22-25-27-29-31-32-33-34-35-36-37-38-39-40-41-42-43-44-45-46-48-49-52-55-58-61-64-67-70-76(79)82-73-74(72-81-75(78)69-66-63-60-57-54-51-24-21-18-15-12-9-6-3)83-77(80)71-68-65-62-59-56-53-50-47-30-28-26-23-20-17-14-11-8-5-2/h9,12,18,21,51,54,60,63,74H,4-8,10-11,13-17,19-20,22-50,52-53,55-59,61-62,64-73H2,1-3H3/b12-9-,21-18-,54-51-,63-60-. The largest absolute Gasteiger partial charge is 0.462 e. The molecule has 0 aliphatic rings. The predicted molar refractivity (Wildman–Crippen MR) is 362 cm³/mol. The molecule has 83 heavy (non-hydrogen) atoms. The third-order valence-electron chi connectivity index (χ3n) is 16.9. The minimum atomic E-state index is -0.800. The Bertz CT molecular complexity index is 1430.